The predicted molar refractivity (Wildman–Crippen MR) is 161 cm³/mol. The first-order valence-electron chi connectivity index (χ1n) is 13.0. The molecule has 0 aliphatic rings. The van der Waals surface area contributed by atoms with Gasteiger partial charge in [-0.05, 0) is 85.3 Å². The fourth-order valence-corrected chi connectivity index (χ4v) is 3.92. The van der Waals surface area contributed by atoms with Gasteiger partial charge < -0.3 is 20.1 Å². The van der Waals surface area contributed by atoms with Crippen LogP contribution in [0.5, 0.6) is 11.5 Å². The Labute approximate surface area is 239 Å². The van der Waals surface area contributed by atoms with E-state index in [4.69, 9.17) is 9.47 Å². The quantitative estimate of drug-likeness (QED) is 0.168. The third kappa shape index (κ3) is 8.03. The summed E-state index contributed by atoms with van der Waals surface area (Å²) >= 11 is 0. The van der Waals surface area contributed by atoms with Crippen molar-refractivity contribution in [2.45, 2.75) is 6.92 Å². The van der Waals surface area contributed by atoms with E-state index in [0.29, 0.717) is 40.5 Å². The third-order valence-corrected chi connectivity index (χ3v) is 6.01. The van der Waals surface area contributed by atoms with Crippen LogP contribution in [0.25, 0.3) is 12.2 Å². The second-order valence-corrected chi connectivity index (χ2v) is 8.85. The summed E-state index contributed by atoms with van der Waals surface area (Å²) in [6.45, 7) is 2.44. The van der Waals surface area contributed by atoms with Crippen molar-refractivity contribution in [3.63, 3.8) is 0 Å². The minimum Gasteiger partial charge on any atom is -0.496 e. The molecule has 0 radical (unpaired) electrons. The number of hydrogen-bond donors (Lipinski definition) is 2. The smallest absolute Gasteiger partial charge is 0.272 e. The molecule has 2 amide bonds. The number of para-hydroxylation sites is 1. The zero-order valence-electron chi connectivity index (χ0n) is 22.8. The zero-order chi connectivity index (χ0) is 29.0. The van der Waals surface area contributed by atoms with E-state index in [9.17, 15) is 14.4 Å². The first kappa shape index (κ1) is 28.6. The third-order valence-electron chi connectivity index (χ3n) is 6.01. The molecule has 206 valence electrons. The van der Waals surface area contributed by atoms with Gasteiger partial charge in [-0.15, -0.1) is 0 Å². The monoisotopic (exact) mass is 546 g/mol. The summed E-state index contributed by atoms with van der Waals surface area (Å²) < 4.78 is 10.8. The van der Waals surface area contributed by atoms with E-state index in [1.54, 1.807) is 92.1 Å². The topological polar surface area (TPSA) is 93.7 Å². The largest absolute Gasteiger partial charge is 0.496 e. The van der Waals surface area contributed by atoms with Gasteiger partial charge in [-0.3, -0.25) is 14.4 Å². The highest BCUT2D eigenvalue weighted by Gasteiger charge is 2.15. The van der Waals surface area contributed by atoms with Gasteiger partial charge >= 0.3 is 0 Å². The van der Waals surface area contributed by atoms with Crippen LogP contribution in [0, 0.1) is 0 Å². The van der Waals surface area contributed by atoms with Gasteiger partial charge in [0.05, 0.1) is 13.7 Å². The number of ketones is 1. The molecule has 0 unspecified atom stereocenters. The van der Waals surface area contributed by atoms with E-state index in [1.807, 2.05) is 37.3 Å². The standard InChI is InChI=1S/C34H30N2O5/c1-3-41-29-20-13-24(14-21-29)23-30(36-33(38)27-10-5-4-6-11-27)34(39)35-28-18-15-25(16-19-28)31(37)22-17-26-9-7-8-12-32(26)40-2/h4-23H,3H2,1-2H3,(H,35,39)(H,36,38)/b22-17+,30-23-. The molecule has 0 aromatic heterocycles. The lowest BCUT2D eigenvalue weighted by Gasteiger charge is -2.12. The Morgan fingerprint density at radius 1 is 0.780 bits per heavy atom. The van der Waals surface area contributed by atoms with Gasteiger partial charge in [0.1, 0.15) is 17.2 Å². The van der Waals surface area contributed by atoms with Crippen LogP contribution in [-0.2, 0) is 4.79 Å². The van der Waals surface area contributed by atoms with Crippen LogP contribution in [0.15, 0.2) is 115 Å². The lowest BCUT2D eigenvalue weighted by Crippen LogP contribution is -2.30. The number of benzene rings is 4. The molecule has 41 heavy (non-hydrogen) atoms. The second-order valence-electron chi connectivity index (χ2n) is 8.85. The number of ether oxygens (including phenoxy) is 2. The van der Waals surface area contributed by atoms with Crippen LogP contribution < -0.4 is 20.1 Å². The maximum atomic E-state index is 13.3. The average molecular weight is 547 g/mol. The fourth-order valence-electron chi connectivity index (χ4n) is 3.92. The van der Waals surface area contributed by atoms with Crippen molar-refractivity contribution in [3.05, 3.63) is 137 Å². The highest BCUT2D eigenvalue weighted by molar-refractivity contribution is 6.11. The van der Waals surface area contributed by atoms with Crippen LogP contribution in [0.3, 0.4) is 0 Å². The van der Waals surface area contributed by atoms with E-state index in [-0.39, 0.29) is 11.5 Å². The first-order valence-corrected chi connectivity index (χ1v) is 13.0. The molecule has 0 saturated carbocycles. The van der Waals surface area contributed by atoms with Crippen molar-refractivity contribution >= 4 is 35.4 Å². The lowest BCUT2D eigenvalue weighted by atomic mass is 10.1. The summed E-state index contributed by atoms with van der Waals surface area (Å²) in [6.07, 6.45) is 4.76. The molecule has 4 rings (SSSR count). The Balaban J connectivity index is 1.50. The summed E-state index contributed by atoms with van der Waals surface area (Å²) in [5, 5.41) is 5.52. The number of carbonyl (C=O) groups is 3. The van der Waals surface area contributed by atoms with Crippen LogP contribution in [0.4, 0.5) is 5.69 Å². The highest BCUT2D eigenvalue weighted by Crippen LogP contribution is 2.20. The molecule has 0 saturated heterocycles. The summed E-state index contributed by atoms with van der Waals surface area (Å²) in [4.78, 5) is 38.8. The number of nitrogens with one attached hydrogen (secondary N) is 2. The Morgan fingerprint density at radius 2 is 1.46 bits per heavy atom. The molecule has 7 nitrogen and oxygen atoms in total. The Bertz CT molecular complexity index is 1560. The molecule has 0 atom stereocenters. The number of anilines is 1. The van der Waals surface area contributed by atoms with Gasteiger partial charge in [0.25, 0.3) is 11.8 Å². The van der Waals surface area contributed by atoms with E-state index in [1.165, 1.54) is 6.08 Å². The molecule has 0 heterocycles. The molecule has 4 aromatic carbocycles. The minimum absolute atomic E-state index is 0.0582. The Hall–Kier alpha value is -5.43. The van der Waals surface area contributed by atoms with Gasteiger partial charge in [0.15, 0.2) is 5.78 Å². The van der Waals surface area contributed by atoms with Gasteiger partial charge in [-0.2, -0.15) is 0 Å². The molecule has 2 N–H and O–H groups in total. The van der Waals surface area contributed by atoms with Crippen molar-refractivity contribution < 1.29 is 23.9 Å². The number of carbonyl (C=O) groups excluding carboxylic acids is 3. The first-order chi connectivity index (χ1) is 20.0. The number of hydrogen-bond acceptors (Lipinski definition) is 5. The van der Waals surface area contributed by atoms with Gasteiger partial charge in [0, 0.05) is 22.4 Å². The molecule has 0 aliphatic carbocycles. The van der Waals surface area contributed by atoms with Crippen LogP contribution in [0.1, 0.15) is 38.8 Å². The Kier molecular flexibility index (Phi) is 9.82. The van der Waals surface area contributed by atoms with E-state index in [0.717, 1.165) is 5.56 Å². The SMILES string of the molecule is CCOc1ccc(/C=C(\NC(=O)c2ccccc2)C(=O)Nc2ccc(C(=O)/C=C/c3ccccc3OC)cc2)cc1. The van der Waals surface area contributed by atoms with Gasteiger partial charge in [-0.1, -0.05) is 48.5 Å². The summed E-state index contributed by atoms with van der Waals surface area (Å²) in [6, 6.07) is 29.8. The second kappa shape index (κ2) is 14.1. The summed E-state index contributed by atoms with van der Waals surface area (Å²) in [5.74, 6) is 0.249. The van der Waals surface area contributed by atoms with Gasteiger partial charge in [0.2, 0.25) is 0 Å². The fraction of sp³-hybridized carbons (Fsp3) is 0.0882. The van der Waals surface area contributed by atoms with E-state index >= 15 is 0 Å². The van der Waals surface area contributed by atoms with Crippen LogP contribution in [0.2, 0.25) is 0 Å². The normalized spacial score (nSPS) is 11.1. The molecule has 4 aromatic rings. The van der Waals surface area contributed by atoms with Crippen molar-refractivity contribution in [1.82, 2.24) is 5.32 Å². The highest BCUT2D eigenvalue weighted by atomic mass is 16.5. The summed E-state index contributed by atoms with van der Waals surface area (Å²) in [5.41, 5.74) is 2.89. The number of allylic oxidation sites excluding steroid dienone is 1. The van der Waals surface area contributed by atoms with Crippen molar-refractivity contribution in [2.24, 2.45) is 0 Å². The predicted octanol–water partition coefficient (Wildman–Crippen LogP) is 6.40. The average Bonchev–Trinajstić information content (AvgIpc) is 3.01. The van der Waals surface area contributed by atoms with E-state index < -0.39 is 11.8 Å². The maximum Gasteiger partial charge on any atom is 0.272 e. The maximum absolute atomic E-state index is 13.3. The number of methoxy groups -OCH3 is 1. The minimum atomic E-state index is -0.515. The summed E-state index contributed by atoms with van der Waals surface area (Å²) in [7, 11) is 1.58. The molecule has 0 fully saturated rings. The van der Waals surface area contributed by atoms with E-state index in [2.05, 4.69) is 10.6 Å². The molecule has 0 bridgehead atoms. The van der Waals surface area contributed by atoms with Crippen LogP contribution >= 0.6 is 0 Å². The molecular formula is C34H30N2O5. The van der Waals surface area contributed by atoms with Crippen LogP contribution in [-0.4, -0.2) is 31.3 Å². The van der Waals surface area contributed by atoms with Crippen molar-refractivity contribution in [3.8, 4) is 11.5 Å². The molecule has 0 spiro atoms. The zero-order valence-corrected chi connectivity index (χ0v) is 22.8. The Morgan fingerprint density at radius 3 is 2.15 bits per heavy atom. The molecular weight excluding hydrogens is 516 g/mol. The number of rotatable bonds is 11. The van der Waals surface area contributed by atoms with Crippen molar-refractivity contribution in [2.75, 3.05) is 19.0 Å². The molecule has 7 heteroatoms. The lowest BCUT2D eigenvalue weighted by molar-refractivity contribution is -0.113. The number of amides is 2. The molecule has 0 aliphatic heterocycles. The van der Waals surface area contributed by atoms with Gasteiger partial charge in [-0.25, -0.2) is 0 Å². The van der Waals surface area contributed by atoms with Crippen molar-refractivity contribution in [1.29, 1.82) is 0 Å².